The molecule has 0 radical (unpaired) electrons. The Hall–Kier alpha value is -1.10. The minimum atomic E-state index is -1.08. The summed E-state index contributed by atoms with van der Waals surface area (Å²) < 4.78 is 0. The molecule has 2 rings (SSSR count). The number of carbonyl (C=O) groups is 2. The van der Waals surface area contributed by atoms with Gasteiger partial charge in [0.15, 0.2) is 0 Å². The van der Waals surface area contributed by atoms with Crippen LogP contribution in [0.1, 0.15) is 45.4 Å². The molecular formula is C15H21BrO4. The zero-order chi connectivity index (χ0) is 15.2. The van der Waals surface area contributed by atoms with Gasteiger partial charge in [0.05, 0.1) is 5.41 Å². The standard InChI is InChI=1S/C9H10O4.C6H11Br/c1-9(8(12)13)4-2-3-6(5-9)7(10)11;7-6-4-2-1-3-5-6/h2-4H,5H2,1H3,(H,10,11)(H,12,13);6H,1-5H2. The third-order valence-electron chi connectivity index (χ3n) is 3.62. The van der Waals surface area contributed by atoms with Gasteiger partial charge in [-0.1, -0.05) is 53.4 Å². The van der Waals surface area contributed by atoms with Crippen LogP contribution in [0.25, 0.3) is 0 Å². The summed E-state index contributed by atoms with van der Waals surface area (Å²) in [6, 6.07) is 0. The molecule has 1 saturated carbocycles. The number of hydrogen-bond donors (Lipinski definition) is 2. The number of rotatable bonds is 2. The highest BCUT2D eigenvalue weighted by Gasteiger charge is 2.34. The summed E-state index contributed by atoms with van der Waals surface area (Å²) in [5, 5.41) is 17.5. The quantitative estimate of drug-likeness (QED) is 0.747. The summed E-state index contributed by atoms with van der Waals surface area (Å²) in [6.07, 6.45) is 11.6. The first-order valence-corrected chi connectivity index (χ1v) is 7.76. The molecule has 0 aromatic rings. The Morgan fingerprint density at radius 3 is 2.25 bits per heavy atom. The Kier molecular flexibility index (Phi) is 6.46. The van der Waals surface area contributed by atoms with E-state index in [1.807, 2.05) is 0 Å². The van der Waals surface area contributed by atoms with Crippen molar-refractivity contribution in [2.24, 2.45) is 5.41 Å². The van der Waals surface area contributed by atoms with Gasteiger partial charge < -0.3 is 10.2 Å². The second kappa shape index (κ2) is 7.62. The van der Waals surface area contributed by atoms with Gasteiger partial charge in [-0.25, -0.2) is 4.79 Å². The van der Waals surface area contributed by atoms with Crippen molar-refractivity contribution in [2.45, 2.75) is 50.3 Å². The van der Waals surface area contributed by atoms with Crippen LogP contribution in [0, 0.1) is 5.41 Å². The molecule has 5 heteroatoms. The van der Waals surface area contributed by atoms with Crippen molar-refractivity contribution in [2.75, 3.05) is 0 Å². The number of carboxylic acids is 2. The molecule has 2 N–H and O–H groups in total. The summed E-state index contributed by atoms with van der Waals surface area (Å²) in [6.45, 7) is 1.50. The molecule has 4 nitrogen and oxygen atoms in total. The van der Waals surface area contributed by atoms with Gasteiger partial charge in [-0.15, -0.1) is 0 Å². The SMILES string of the molecule is BrC1CCCCC1.CC1(C(=O)O)C=CC=C(C(=O)O)C1. The highest BCUT2D eigenvalue weighted by Crippen LogP contribution is 2.31. The maximum Gasteiger partial charge on any atom is 0.331 e. The Labute approximate surface area is 127 Å². The van der Waals surface area contributed by atoms with E-state index >= 15 is 0 Å². The number of aliphatic carboxylic acids is 2. The minimum absolute atomic E-state index is 0.0359. The van der Waals surface area contributed by atoms with Crippen molar-refractivity contribution in [1.29, 1.82) is 0 Å². The highest BCUT2D eigenvalue weighted by molar-refractivity contribution is 9.09. The lowest BCUT2D eigenvalue weighted by Crippen LogP contribution is -2.28. The average Bonchev–Trinajstić information content (AvgIpc) is 2.40. The molecule has 0 bridgehead atoms. The molecule has 1 atom stereocenters. The van der Waals surface area contributed by atoms with Crippen molar-refractivity contribution in [3.05, 3.63) is 23.8 Å². The fourth-order valence-electron chi connectivity index (χ4n) is 2.24. The zero-order valence-electron chi connectivity index (χ0n) is 11.6. The number of alkyl halides is 1. The molecule has 112 valence electrons. The van der Waals surface area contributed by atoms with E-state index < -0.39 is 17.4 Å². The molecule has 2 aliphatic carbocycles. The monoisotopic (exact) mass is 344 g/mol. The van der Waals surface area contributed by atoms with Gasteiger partial charge in [0.1, 0.15) is 0 Å². The van der Waals surface area contributed by atoms with E-state index in [2.05, 4.69) is 15.9 Å². The van der Waals surface area contributed by atoms with Crippen LogP contribution in [0.2, 0.25) is 0 Å². The van der Waals surface area contributed by atoms with Gasteiger partial charge in [-0.3, -0.25) is 4.79 Å². The predicted molar refractivity (Wildman–Crippen MR) is 81.0 cm³/mol. The number of halogens is 1. The minimum Gasteiger partial charge on any atom is -0.481 e. The maximum atomic E-state index is 10.8. The fourth-order valence-corrected chi connectivity index (χ4v) is 2.88. The van der Waals surface area contributed by atoms with Crippen LogP contribution in [0.5, 0.6) is 0 Å². The van der Waals surface area contributed by atoms with Gasteiger partial charge in [0.25, 0.3) is 0 Å². The Morgan fingerprint density at radius 2 is 1.85 bits per heavy atom. The van der Waals surface area contributed by atoms with E-state index in [-0.39, 0.29) is 12.0 Å². The molecule has 0 aromatic carbocycles. The lowest BCUT2D eigenvalue weighted by atomic mass is 9.80. The third-order valence-corrected chi connectivity index (χ3v) is 4.53. The van der Waals surface area contributed by atoms with Crippen molar-refractivity contribution in [3.63, 3.8) is 0 Å². The lowest BCUT2D eigenvalue weighted by Gasteiger charge is -2.23. The Morgan fingerprint density at radius 1 is 1.25 bits per heavy atom. The first-order chi connectivity index (χ1) is 9.35. The fraction of sp³-hybridized carbons (Fsp3) is 0.600. The lowest BCUT2D eigenvalue weighted by molar-refractivity contribution is -0.145. The largest absolute Gasteiger partial charge is 0.481 e. The summed E-state index contributed by atoms with van der Waals surface area (Å²) in [5.74, 6) is -2.06. The van der Waals surface area contributed by atoms with E-state index in [0.717, 1.165) is 4.83 Å². The maximum absolute atomic E-state index is 10.8. The van der Waals surface area contributed by atoms with Crippen molar-refractivity contribution in [3.8, 4) is 0 Å². The Bertz CT molecular complexity index is 422. The van der Waals surface area contributed by atoms with Crippen molar-refractivity contribution in [1.82, 2.24) is 0 Å². The molecule has 0 amide bonds. The molecular weight excluding hydrogens is 324 g/mol. The summed E-state index contributed by atoms with van der Waals surface area (Å²) in [7, 11) is 0. The van der Waals surface area contributed by atoms with Crippen LogP contribution in [0.4, 0.5) is 0 Å². The second-order valence-corrected chi connectivity index (χ2v) is 6.79. The molecule has 2 aliphatic rings. The molecule has 1 unspecified atom stereocenters. The van der Waals surface area contributed by atoms with Crippen LogP contribution in [0.15, 0.2) is 23.8 Å². The van der Waals surface area contributed by atoms with Gasteiger partial charge in [-0.2, -0.15) is 0 Å². The predicted octanol–water partition coefficient (Wildman–Crippen LogP) is 3.76. The van der Waals surface area contributed by atoms with Crippen LogP contribution >= 0.6 is 15.9 Å². The molecule has 0 saturated heterocycles. The summed E-state index contributed by atoms with van der Waals surface area (Å²) in [5.41, 5.74) is -0.949. The van der Waals surface area contributed by atoms with E-state index in [0.29, 0.717) is 0 Å². The summed E-state index contributed by atoms with van der Waals surface area (Å²) >= 11 is 3.59. The van der Waals surface area contributed by atoms with Crippen molar-refractivity contribution < 1.29 is 19.8 Å². The number of carboxylic acid groups (broad SMARTS) is 2. The third kappa shape index (κ3) is 5.12. The number of allylic oxidation sites excluding steroid dienone is 2. The van der Waals surface area contributed by atoms with Crippen LogP contribution < -0.4 is 0 Å². The molecule has 1 fully saturated rings. The van der Waals surface area contributed by atoms with Gasteiger partial charge in [0, 0.05) is 10.4 Å². The van der Waals surface area contributed by atoms with Crippen LogP contribution in [0.3, 0.4) is 0 Å². The van der Waals surface area contributed by atoms with E-state index in [9.17, 15) is 9.59 Å². The average molecular weight is 345 g/mol. The van der Waals surface area contributed by atoms with Gasteiger partial charge in [-0.05, 0) is 26.2 Å². The molecule has 0 aliphatic heterocycles. The molecule has 20 heavy (non-hydrogen) atoms. The smallest absolute Gasteiger partial charge is 0.331 e. The number of hydrogen-bond acceptors (Lipinski definition) is 2. The molecule has 0 spiro atoms. The van der Waals surface area contributed by atoms with Crippen LogP contribution in [-0.2, 0) is 9.59 Å². The first kappa shape index (κ1) is 17.0. The van der Waals surface area contributed by atoms with E-state index in [1.54, 1.807) is 0 Å². The first-order valence-electron chi connectivity index (χ1n) is 6.84. The van der Waals surface area contributed by atoms with Crippen molar-refractivity contribution >= 4 is 27.9 Å². The van der Waals surface area contributed by atoms with E-state index in [4.69, 9.17) is 10.2 Å². The Balaban J connectivity index is 0.000000240. The molecule has 0 heterocycles. The van der Waals surface area contributed by atoms with Crippen LogP contribution in [-0.4, -0.2) is 27.0 Å². The van der Waals surface area contributed by atoms with Gasteiger partial charge in [0.2, 0.25) is 0 Å². The van der Waals surface area contributed by atoms with E-state index in [1.165, 1.54) is 57.3 Å². The zero-order valence-corrected chi connectivity index (χ0v) is 13.2. The topological polar surface area (TPSA) is 74.6 Å². The molecule has 0 aromatic heterocycles. The summed E-state index contributed by atoms with van der Waals surface area (Å²) in [4.78, 5) is 22.2. The highest BCUT2D eigenvalue weighted by atomic mass is 79.9. The normalized spacial score (nSPS) is 26.2. The second-order valence-electron chi connectivity index (χ2n) is 5.49. The van der Waals surface area contributed by atoms with Gasteiger partial charge >= 0.3 is 11.9 Å².